The van der Waals surface area contributed by atoms with Crippen molar-refractivity contribution in [3.8, 4) is 0 Å². The van der Waals surface area contributed by atoms with E-state index in [-0.39, 0.29) is 12.8 Å². The number of halogens is 3. The molecular formula is C16H22F3NO4. The van der Waals surface area contributed by atoms with E-state index in [1.807, 2.05) is 6.92 Å². The molecule has 3 atom stereocenters. The number of carbonyl (C=O) groups is 1. The van der Waals surface area contributed by atoms with Gasteiger partial charge >= 0.3 is 12.1 Å². The number of nitrogens with two attached hydrogens (primary N) is 1. The minimum atomic E-state index is -5.25. The van der Waals surface area contributed by atoms with Gasteiger partial charge in [-0.3, -0.25) is 5.73 Å². The van der Waals surface area contributed by atoms with Crippen molar-refractivity contribution in [3.63, 3.8) is 0 Å². The summed E-state index contributed by atoms with van der Waals surface area (Å²) in [6, 6.07) is 8.07. The fourth-order valence-corrected chi connectivity index (χ4v) is 2.24. The van der Waals surface area contributed by atoms with Gasteiger partial charge in [0.25, 0.3) is 0 Å². The Morgan fingerprint density at radius 1 is 1.25 bits per heavy atom. The molecule has 4 N–H and O–H groups in total. The minimum Gasteiger partial charge on any atom is -0.434 e. The Bertz CT molecular complexity index is 524. The maximum absolute atomic E-state index is 12.5. The molecule has 1 aromatic rings. The van der Waals surface area contributed by atoms with E-state index >= 15 is 0 Å². The van der Waals surface area contributed by atoms with Crippen molar-refractivity contribution >= 4 is 5.97 Å². The first kappa shape index (κ1) is 20.4. The molecule has 0 saturated carbocycles. The van der Waals surface area contributed by atoms with Crippen LogP contribution in [0.4, 0.5) is 13.2 Å². The molecule has 1 rings (SSSR count). The first-order valence-electron chi connectivity index (χ1n) is 7.59. The van der Waals surface area contributed by atoms with Gasteiger partial charge in [-0.15, -0.1) is 0 Å². The number of aliphatic hydroxyl groups excluding tert-OH is 2. The lowest BCUT2D eigenvalue weighted by molar-refractivity contribution is -0.228. The molecule has 24 heavy (non-hydrogen) atoms. The standard InChI is InChI=1S/C16H22F3NO4/c1-2-3-9-12(21)13(22)15(20,24-14(23)16(17,18)19)10-11-7-5-4-6-8-11/h4-8,12-13,21-22H,2-3,9-10,20H2,1H3/t12-,13-,15-/m0/s1. The summed E-state index contributed by atoms with van der Waals surface area (Å²) in [5, 5.41) is 20.2. The lowest BCUT2D eigenvalue weighted by Crippen LogP contribution is -2.61. The quantitative estimate of drug-likeness (QED) is 0.492. The van der Waals surface area contributed by atoms with Gasteiger partial charge in [0, 0.05) is 6.42 Å². The van der Waals surface area contributed by atoms with E-state index in [2.05, 4.69) is 4.74 Å². The molecule has 0 unspecified atom stereocenters. The summed E-state index contributed by atoms with van der Waals surface area (Å²) in [6.45, 7) is 1.85. The first-order chi connectivity index (χ1) is 11.1. The molecule has 0 fully saturated rings. The molecule has 0 bridgehead atoms. The molecule has 0 aromatic heterocycles. The van der Waals surface area contributed by atoms with E-state index in [4.69, 9.17) is 5.73 Å². The lowest BCUT2D eigenvalue weighted by Gasteiger charge is -2.36. The number of benzene rings is 1. The summed E-state index contributed by atoms with van der Waals surface area (Å²) in [6.07, 6.45) is -7.55. The summed E-state index contributed by atoms with van der Waals surface area (Å²) in [7, 11) is 0. The van der Waals surface area contributed by atoms with E-state index in [0.29, 0.717) is 18.4 Å². The molecule has 0 saturated heterocycles. The van der Waals surface area contributed by atoms with Crippen molar-refractivity contribution < 1.29 is 32.9 Å². The second-order valence-corrected chi connectivity index (χ2v) is 5.66. The highest BCUT2D eigenvalue weighted by atomic mass is 19.4. The fourth-order valence-electron chi connectivity index (χ4n) is 2.24. The predicted molar refractivity (Wildman–Crippen MR) is 80.8 cm³/mol. The van der Waals surface area contributed by atoms with Gasteiger partial charge in [-0.1, -0.05) is 50.1 Å². The average Bonchev–Trinajstić information content (AvgIpc) is 2.51. The van der Waals surface area contributed by atoms with Crippen LogP contribution in [0.15, 0.2) is 30.3 Å². The zero-order valence-electron chi connectivity index (χ0n) is 13.3. The Morgan fingerprint density at radius 2 is 1.83 bits per heavy atom. The van der Waals surface area contributed by atoms with Gasteiger partial charge in [-0.05, 0) is 12.0 Å². The van der Waals surface area contributed by atoms with Gasteiger partial charge in [0.1, 0.15) is 6.10 Å². The lowest BCUT2D eigenvalue weighted by atomic mass is 9.92. The summed E-state index contributed by atoms with van der Waals surface area (Å²) >= 11 is 0. The van der Waals surface area contributed by atoms with Gasteiger partial charge < -0.3 is 14.9 Å². The van der Waals surface area contributed by atoms with Crippen LogP contribution in [0.1, 0.15) is 31.7 Å². The van der Waals surface area contributed by atoms with Crippen molar-refractivity contribution in [1.29, 1.82) is 0 Å². The van der Waals surface area contributed by atoms with Crippen molar-refractivity contribution in [2.45, 2.75) is 56.7 Å². The number of hydrogen-bond donors (Lipinski definition) is 3. The molecule has 1 aromatic carbocycles. The summed E-state index contributed by atoms with van der Waals surface area (Å²) < 4.78 is 41.9. The second-order valence-electron chi connectivity index (χ2n) is 5.66. The number of aliphatic hydroxyl groups is 2. The SMILES string of the molecule is CCCC[C@H](O)[C@H](O)[C@](N)(Cc1ccccc1)OC(=O)C(F)(F)F. The van der Waals surface area contributed by atoms with Crippen LogP contribution in [0.5, 0.6) is 0 Å². The highest BCUT2D eigenvalue weighted by Crippen LogP contribution is 2.26. The van der Waals surface area contributed by atoms with Crippen molar-refractivity contribution in [2.75, 3.05) is 0 Å². The van der Waals surface area contributed by atoms with Crippen LogP contribution in [-0.4, -0.2) is 40.3 Å². The molecule has 5 nitrogen and oxygen atoms in total. The topological polar surface area (TPSA) is 92.8 Å². The van der Waals surface area contributed by atoms with E-state index in [9.17, 15) is 28.2 Å². The summed E-state index contributed by atoms with van der Waals surface area (Å²) in [5.74, 6) is -2.51. The number of esters is 1. The number of hydrogen-bond acceptors (Lipinski definition) is 5. The van der Waals surface area contributed by atoms with Crippen molar-refractivity contribution in [3.05, 3.63) is 35.9 Å². The zero-order chi connectivity index (χ0) is 18.4. The Hall–Kier alpha value is -1.64. The van der Waals surface area contributed by atoms with Crippen molar-refractivity contribution in [1.82, 2.24) is 0 Å². The number of carbonyl (C=O) groups excluding carboxylic acids is 1. The van der Waals surface area contributed by atoms with Crippen LogP contribution in [0.2, 0.25) is 0 Å². The molecule has 0 aliphatic carbocycles. The van der Waals surface area contributed by atoms with Gasteiger partial charge in [-0.2, -0.15) is 13.2 Å². The molecule has 0 aliphatic rings. The normalized spacial score (nSPS) is 17.0. The molecular weight excluding hydrogens is 327 g/mol. The van der Waals surface area contributed by atoms with Crippen molar-refractivity contribution in [2.24, 2.45) is 5.73 Å². The van der Waals surface area contributed by atoms with Gasteiger partial charge in [-0.25, -0.2) is 4.79 Å². The smallest absolute Gasteiger partial charge is 0.434 e. The Balaban J connectivity index is 3.03. The van der Waals surface area contributed by atoms with E-state index < -0.39 is 30.1 Å². The first-order valence-corrected chi connectivity index (χ1v) is 7.59. The molecule has 0 heterocycles. The van der Waals surface area contributed by atoms with Crippen LogP contribution in [-0.2, 0) is 16.0 Å². The highest BCUT2D eigenvalue weighted by molar-refractivity contribution is 5.76. The monoisotopic (exact) mass is 349 g/mol. The number of alkyl halides is 3. The number of rotatable bonds is 8. The zero-order valence-corrected chi connectivity index (χ0v) is 13.3. The second kappa shape index (κ2) is 8.46. The van der Waals surface area contributed by atoms with Gasteiger partial charge in [0.05, 0.1) is 6.10 Å². The molecule has 0 amide bonds. The Kier molecular flexibility index (Phi) is 7.19. The van der Waals surface area contributed by atoms with E-state index in [1.54, 1.807) is 30.3 Å². The minimum absolute atomic E-state index is 0.120. The predicted octanol–water partition coefficient (Wildman–Crippen LogP) is 1.90. The van der Waals surface area contributed by atoms with E-state index in [1.165, 1.54) is 0 Å². The van der Waals surface area contributed by atoms with Crippen LogP contribution < -0.4 is 5.73 Å². The molecule has 0 aliphatic heterocycles. The van der Waals surface area contributed by atoms with Gasteiger partial charge in [0.2, 0.25) is 0 Å². The average molecular weight is 349 g/mol. The fraction of sp³-hybridized carbons (Fsp3) is 0.562. The maximum Gasteiger partial charge on any atom is 0.490 e. The van der Waals surface area contributed by atoms with Crippen LogP contribution in [0, 0.1) is 0 Å². The molecule has 8 heteroatoms. The third-order valence-corrected chi connectivity index (χ3v) is 3.56. The number of unbranched alkanes of at least 4 members (excludes halogenated alkanes) is 1. The number of ether oxygens (including phenoxy) is 1. The molecule has 136 valence electrons. The summed E-state index contributed by atoms with van der Waals surface area (Å²) in [4.78, 5) is 11.2. The van der Waals surface area contributed by atoms with Crippen LogP contribution >= 0.6 is 0 Å². The Labute approximate surface area is 138 Å². The van der Waals surface area contributed by atoms with Gasteiger partial charge in [0.15, 0.2) is 5.72 Å². The summed E-state index contributed by atoms with van der Waals surface area (Å²) in [5.41, 5.74) is 3.84. The maximum atomic E-state index is 12.5. The highest BCUT2D eigenvalue weighted by Gasteiger charge is 2.49. The third-order valence-electron chi connectivity index (χ3n) is 3.56. The van der Waals surface area contributed by atoms with E-state index in [0.717, 1.165) is 0 Å². The molecule has 0 spiro atoms. The third kappa shape index (κ3) is 5.77. The molecule has 0 radical (unpaired) electrons. The van der Waals surface area contributed by atoms with Crippen LogP contribution in [0.25, 0.3) is 0 Å². The Morgan fingerprint density at radius 3 is 2.33 bits per heavy atom. The van der Waals surface area contributed by atoms with Crippen LogP contribution in [0.3, 0.4) is 0 Å². The largest absolute Gasteiger partial charge is 0.490 e.